The predicted octanol–water partition coefficient (Wildman–Crippen LogP) is 7.46. The molecule has 234 valence electrons. The molecule has 0 aromatic heterocycles. The molecule has 0 saturated carbocycles. The first-order valence-electron chi connectivity index (χ1n) is 15.8. The maximum Gasteiger partial charge on any atom is 0.204 e. The molecule has 6 bridgehead atoms. The van der Waals surface area contributed by atoms with E-state index in [1.807, 2.05) is 0 Å². The van der Waals surface area contributed by atoms with Crippen molar-refractivity contribution >= 4 is 0 Å². The Bertz CT molecular complexity index is 1730. The maximum atomic E-state index is 7.03. The Hall–Kier alpha value is -4.20. The van der Waals surface area contributed by atoms with Gasteiger partial charge in [-0.1, -0.05) is 24.3 Å². The van der Waals surface area contributed by atoms with Crippen LogP contribution in [0.2, 0.25) is 0 Å². The molecule has 0 unspecified atom stereocenters. The summed E-state index contributed by atoms with van der Waals surface area (Å²) in [6.45, 7) is 4.00. The summed E-state index contributed by atoms with van der Waals surface area (Å²) in [5, 5.41) is 0. The molecule has 0 radical (unpaired) electrons. The predicted molar refractivity (Wildman–Crippen MR) is 176 cm³/mol. The number of hydrogen-bond donors (Lipinski definition) is 0. The van der Waals surface area contributed by atoms with Crippen LogP contribution in [0.4, 0.5) is 0 Å². The van der Waals surface area contributed by atoms with Crippen LogP contribution >= 0.6 is 0 Å². The molecule has 4 aromatic carbocycles. The highest BCUT2D eigenvalue weighted by Crippen LogP contribution is 2.51. The number of fused-ring (bicyclic) bond motifs is 2. The number of ether oxygens (including phenoxy) is 5. The van der Waals surface area contributed by atoms with Crippen molar-refractivity contribution in [2.45, 2.75) is 44.7 Å². The van der Waals surface area contributed by atoms with Gasteiger partial charge in [-0.05, 0) is 116 Å². The quantitative estimate of drug-likeness (QED) is 0.240. The van der Waals surface area contributed by atoms with Gasteiger partial charge in [-0.15, -0.1) is 0 Å². The normalized spacial score (nSPS) is 19.4. The zero-order chi connectivity index (χ0) is 31.2. The average Bonchev–Trinajstić information content (AvgIpc) is 3.05. The van der Waals surface area contributed by atoms with Gasteiger partial charge in [0.15, 0.2) is 23.0 Å². The molecule has 4 aliphatic rings. The topological polar surface area (TPSA) is 52.6 Å². The Morgan fingerprint density at radius 3 is 2.07 bits per heavy atom. The summed E-state index contributed by atoms with van der Waals surface area (Å²) < 4.78 is 31.4. The van der Waals surface area contributed by atoms with Crippen molar-refractivity contribution in [3.05, 3.63) is 99.6 Å². The fourth-order valence-electron chi connectivity index (χ4n) is 7.23. The third-order valence-corrected chi connectivity index (χ3v) is 9.87. The van der Waals surface area contributed by atoms with Crippen molar-refractivity contribution in [3.8, 4) is 40.2 Å². The van der Waals surface area contributed by atoms with Gasteiger partial charge >= 0.3 is 0 Å². The second kappa shape index (κ2) is 12.0. The van der Waals surface area contributed by atoms with Gasteiger partial charge in [-0.2, -0.15) is 0 Å². The SMILES string of the molecule is COc1cc2c3cc1Oc1c(OC)c(OC)cc4c1[C@@H](Cc1ccc(C)c(c1)Oc1ccc(cc1)C[C@@H]3N(C)CC2)N(C)CC4. The lowest BCUT2D eigenvalue weighted by Gasteiger charge is -2.37. The Morgan fingerprint density at radius 1 is 0.667 bits per heavy atom. The minimum Gasteiger partial charge on any atom is -0.493 e. The second-order valence-electron chi connectivity index (χ2n) is 12.6. The first-order valence-corrected chi connectivity index (χ1v) is 15.8. The zero-order valence-electron chi connectivity index (χ0n) is 27.1. The molecular weight excluding hydrogens is 564 g/mol. The van der Waals surface area contributed by atoms with Gasteiger partial charge in [0.2, 0.25) is 5.75 Å². The highest BCUT2D eigenvalue weighted by atomic mass is 16.5. The molecule has 0 saturated heterocycles. The lowest BCUT2D eigenvalue weighted by atomic mass is 9.87. The molecule has 2 atom stereocenters. The molecule has 4 aromatic rings. The lowest BCUT2D eigenvalue weighted by Crippen LogP contribution is -2.34. The van der Waals surface area contributed by atoms with Gasteiger partial charge in [0.1, 0.15) is 11.5 Å². The summed E-state index contributed by atoms with van der Waals surface area (Å²) in [7, 11) is 9.48. The Kier molecular flexibility index (Phi) is 7.84. The molecule has 0 spiro atoms. The van der Waals surface area contributed by atoms with Crippen molar-refractivity contribution in [2.75, 3.05) is 48.5 Å². The minimum atomic E-state index is 0.0415. The van der Waals surface area contributed by atoms with E-state index < -0.39 is 0 Å². The largest absolute Gasteiger partial charge is 0.493 e. The van der Waals surface area contributed by atoms with E-state index in [-0.39, 0.29) is 12.1 Å². The first kappa shape index (κ1) is 29.5. The van der Waals surface area contributed by atoms with Crippen LogP contribution in [0.5, 0.6) is 40.2 Å². The van der Waals surface area contributed by atoms with Crippen molar-refractivity contribution in [1.29, 1.82) is 0 Å². The van der Waals surface area contributed by atoms with Gasteiger partial charge in [0, 0.05) is 30.7 Å². The number of aryl methyl sites for hydroxylation is 1. The molecule has 4 heterocycles. The number of hydrogen-bond acceptors (Lipinski definition) is 7. The molecule has 0 amide bonds. The highest BCUT2D eigenvalue weighted by molar-refractivity contribution is 5.63. The third-order valence-electron chi connectivity index (χ3n) is 9.87. The van der Waals surface area contributed by atoms with Crippen LogP contribution in [0.15, 0.2) is 60.7 Å². The van der Waals surface area contributed by atoms with Crippen molar-refractivity contribution in [1.82, 2.24) is 9.80 Å². The lowest BCUT2D eigenvalue weighted by molar-refractivity contribution is 0.220. The Labute approximate surface area is 266 Å². The van der Waals surface area contributed by atoms with Crippen LogP contribution in [0.3, 0.4) is 0 Å². The fourth-order valence-corrected chi connectivity index (χ4v) is 7.23. The van der Waals surface area contributed by atoms with Crippen LogP contribution in [-0.2, 0) is 25.7 Å². The second-order valence-corrected chi connectivity index (χ2v) is 12.6. The monoisotopic (exact) mass is 606 g/mol. The Morgan fingerprint density at radius 2 is 1.33 bits per heavy atom. The molecule has 7 nitrogen and oxygen atoms in total. The van der Waals surface area contributed by atoms with Crippen LogP contribution in [-0.4, -0.2) is 58.3 Å². The van der Waals surface area contributed by atoms with Gasteiger partial charge < -0.3 is 23.7 Å². The Balaban J connectivity index is 1.47. The van der Waals surface area contributed by atoms with Crippen molar-refractivity contribution in [2.24, 2.45) is 0 Å². The van der Waals surface area contributed by atoms with Crippen LogP contribution in [0.1, 0.15) is 51.0 Å². The zero-order valence-corrected chi connectivity index (χ0v) is 27.1. The van der Waals surface area contributed by atoms with E-state index in [2.05, 4.69) is 91.5 Å². The van der Waals surface area contributed by atoms with E-state index in [1.165, 1.54) is 27.8 Å². The average molecular weight is 607 g/mol. The molecule has 0 aliphatic carbocycles. The summed E-state index contributed by atoms with van der Waals surface area (Å²) in [5.41, 5.74) is 8.43. The summed E-state index contributed by atoms with van der Waals surface area (Å²) in [5.74, 6) is 5.06. The number of likely N-dealkylation sites (N-methyl/N-ethyl adjacent to an activating group) is 2. The number of methoxy groups -OCH3 is 3. The standard InChI is InChI=1S/C38H42N2O5/c1-23-7-8-25-18-31-36-27(14-16-40(31)3)21-35(42-5)37(43-6)38(36)45-34-22-29-26(20-33(34)41-4)13-15-39(2)30(29)17-24-9-11-28(12-10-24)44-32(23)19-25/h7-12,19-22,30-31H,13-18H2,1-6H3/t30-,31+/m0/s1. The number of benzene rings is 4. The molecule has 0 N–H and O–H groups in total. The molecule has 4 aliphatic heterocycles. The first-order chi connectivity index (χ1) is 21.9. The minimum absolute atomic E-state index is 0.0415. The van der Waals surface area contributed by atoms with Gasteiger partial charge in [0.25, 0.3) is 0 Å². The van der Waals surface area contributed by atoms with Crippen LogP contribution in [0.25, 0.3) is 0 Å². The molecule has 8 rings (SSSR count). The maximum absolute atomic E-state index is 7.03. The molecule has 45 heavy (non-hydrogen) atoms. The van der Waals surface area contributed by atoms with Crippen LogP contribution < -0.4 is 23.7 Å². The van der Waals surface area contributed by atoms with Crippen molar-refractivity contribution < 1.29 is 23.7 Å². The van der Waals surface area contributed by atoms with E-state index in [0.29, 0.717) is 23.0 Å². The smallest absolute Gasteiger partial charge is 0.204 e. The van der Waals surface area contributed by atoms with E-state index in [1.54, 1.807) is 21.3 Å². The third kappa shape index (κ3) is 5.38. The fraction of sp³-hybridized carbons (Fsp3) is 0.368. The van der Waals surface area contributed by atoms with Gasteiger partial charge in [0.05, 0.1) is 21.3 Å². The number of rotatable bonds is 3. The van der Waals surface area contributed by atoms with E-state index in [0.717, 1.165) is 67.1 Å². The van der Waals surface area contributed by atoms with E-state index in [9.17, 15) is 0 Å². The van der Waals surface area contributed by atoms with E-state index >= 15 is 0 Å². The summed E-state index contributed by atoms with van der Waals surface area (Å²) >= 11 is 0. The van der Waals surface area contributed by atoms with Crippen molar-refractivity contribution in [3.63, 3.8) is 0 Å². The summed E-state index contributed by atoms with van der Waals surface area (Å²) in [6, 6.07) is 21.8. The summed E-state index contributed by atoms with van der Waals surface area (Å²) in [6.07, 6.45) is 3.48. The molecule has 7 heteroatoms. The van der Waals surface area contributed by atoms with Crippen LogP contribution in [0, 0.1) is 6.92 Å². The van der Waals surface area contributed by atoms with Gasteiger partial charge in [-0.25, -0.2) is 0 Å². The van der Waals surface area contributed by atoms with Gasteiger partial charge in [-0.3, -0.25) is 9.80 Å². The van der Waals surface area contributed by atoms with E-state index in [4.69, 9.17) is 23.7 Å². The number of nitrogens with zero attached hydrogens (tertiary/aromatic N) is 2. The summed E-state index contributed by atoms with van der Waals surface area (Å²) in [4.78, 5) is 4.85. The molecular formula is C38H42N2O5. The highest BCUT2D eigenvalue weighted by Gasteiger charge is 2.34. The molecule has 0 fully saturated rings.